The van der Waals surface area contributed by atoms with Crippen LogP contribution in [-0.4, -0.2) is 16.0 Å². The molecule has 3 rings (SSSR count). The van der Waals surface area contributed by atoms with Gasteiger partial charge in [-0.2, -0.15) is 0 Å². The lowest BCUT2D eigenvalue weighted by atomic mass is 10.1. The Kier molecular flexibility index (Phi) is 4.67. The summed E-state index contributed by atoms with van der Waals surface area (Å²) in [5.41, 5.74) is 1.82. The van der Waals surface area contributed by atoms with Crippen molar-refractivity contribution in [3.05, 3.63) is 77.4 Å². The molecular formula is C18H15FN2O3. The highest BCUT2D eigenvalue weighted by Crippen LogP contribution is 2.18. The van der Waals surface area contributed by atoms with E-state index in [0.29, 0.717) is 11.5 Å². The highest BCUT2D eigenvalue weighted by atomic mass is 19.1. The highest BCUT2D eigenvalue weighted by Gasteiger charge is 2.13. The van der Waals surface area contributed by atoms with Crippen molar-refractivity contribution in [3.8, 4) is 11.5 Å². The standard InChI is InChI=1S/C18H15FN2O3/c19-15-7-6-12(8-14(15)10-22)9-20-17(23)16-11-24-18(21-16)13-4-2-1-3-5-13/h1-8,11,22H,9-10H2,(H,20,23). The topological polar surface area (TPSA) is 75.4 Å². The van der Waals surface area contributed by atoms with Gasteiger partial charge in [0.05, 0.1) is 6.61 Å². The smallest absolute Gasteiger partial charge is 0.273 e. The minimum Gasteiger partial charge on any atom is -0.444 e. The van der Waals surface area contributed by atoms with Crippen LogP contribution in [-0.2, 0) is 13.2 Å². The molecule has 24 heavy (non-hydrogen) atoms. The van der Waals surface area contributed by atoms with Gasteiger partial charge >= 0.3 is 0 Å². The maximum absolute atomic E-state index is 13.3. The third-order valence-corrected chi connectivity index (χ3v) is 3.49. The first kappa shape index (κ1) is 15.9. The van der Waals surface area contributed by atoms with Gasteiger partial charge in [-0.3, -0.25) is 4.79 Å². The van der Waals surface area contributed by atoms with Gasteiger partial charge in [-0.1, -0.05) is 24.3 Å². The third-order valence-electron chi connectivity index (χ3n) is 3.49. The molecule has 0 radical (unpaired) electrons. The normalized spacial score (nSPS) is 10.6. The maximum atomic E-state index is 13.3. The molecule has 0 saturated carbocycles. The van der Waals surface area contributed by atoms with Crippen molar-refractivity contribution in [1.82, 2.24) is 10.3 Å². The van der Waals surface area contributed by atoms with E-state index < -0.39 is 18.3 Å². The van der Waals surface area contributed by atoms with Crippen LogP contribution in [0.1, 0.15) is 21.6 Å². The number of oxazole rings is 1. The number of nitrogens with zero attached hydrogens (tertiary/aromatic N) is 1. The highest BCUT2D eigenvalue weighted by molar-refractivity contribution is 5.92. The van der Waals surface area contributed by atoms with Crippen molar-refractivity contribution in [1.29, 1.82) is 0 Å². The van der Waals surface area contributed by atoms with Crippen molar-refractivity contribution in [2.45, 2.75) is 13.2 Å². The van der Waals surface area contributed by atoms with Crippen LogP contribution < -0.4 is 5.32 Å². The zero-order valence-corrected chi connectivity index (χ0v) is 12.7. The summed E-state index contributed by atoms with van der Waals surface area (Å²) >= 11 is 0. The molecule has 1 amide bonds. The number of halogens is 1. The second-order valence-electron chi connectivity index (χ2n) is 5.17. The Morgan fingerprint density at radius 2 is 2.00 bits per heavy atom. The van der Waals surface area contributed by atoms with Crippen LogP contribution in [0.15, 0.2) is 59.2 Å². The molecule has 2 aromatic carbocycles. The number of carbonyl (C=O) groups is 1. The largest absolute Gasteiger partial charge is 0.444 e. The first-order chi connectivity index (χ1) is 11.7. The number of aliphatic hydroxyl groups is 1. The van der Waals surface area contributed by atoms with E-state index in [1.54, 1.807) is 6.07 Å². The molecule has 6 heteroatoms. The molecule has 3 aromatic rings. The number of aliphatic hydroxyl groups excluding tert-OH is 1. The number of nitrogens with one attached hydrogen (secondary N) is 1. The molecule has 0 aliphatic carbocycles. The lowest BCUT2D eigenvalue weighted by Crippen LogP contribution is -2.23. The Hall–Kier alpha value is -2.99. The van der Waals surface area contributed by atoms with E-state index in [-0.39, 0.29) is 17.8 Å². The Morgan fingerprint density at radius 3 is 2.75 bits per heavy atom. The monoisotopic (exact) mass is 326 g/mol. The molecule has 122 valence electrons. The lowest BCUT2D eigenvalue weighted by Gasteiger charge is -2.06. The maximum Gasteiger partial charge on any atom is 0.273 e. The predicted molar refractivity (Wildman–Crippen MR) is 85.4 cm³/mol. The van der Waals surface area contributed by atoms with Gasteiger partial charge in [0, 0.05) is 17.7 Å². The van der Waals surface area contributed by atoms with Gasteiger partial charge in [-0.05, 0) is 29.8 Å². The molecule has 0 aliphatic rings. The molecule has 0 atom stereocenters. The zero-order valence-electron chi connectivity index (χ0n) is 12.7. The van der Waals surface area contributed by atoms with Gasteiger partial charge in [0.15, 0.2) is 5.69 Å². The number of rotatable bonds is 5. The van der Waals surface area contributed by atoms with E-state index in [0.717, 1.165) is 5.56 Å². The van der Waals surface area contributed by atoms with Crippen molar-refractivity contribution in [3.63, 3.8) is 0 Å². The summed E-state index contributed by atoms with van der Waals surface area (Å²) in [4.78, 5) is 16.3. The summed E-state index contributed by atoms with van der Waals surface area (Å²) in [7, 11) is 0. The van der Waals surface area contributed by atoms with Crippen molar-refractivity contribution in [2.24, 2.45) is 0 Å². The van der Waals surface area contributed by atoms with E-state index >= 15 is 0 Å². The fourth-order valence-electron chi connectivity index (χ4n) is 2.22. The number of benzene rings is 2. The number of amides is 1. The van der Waals surface area contributed by atoms with E-state index in [9.17, 15) is 9.18 Å². The summed E-state index contributed by atoms with van der Waals surface area (Å²) < 4.78 is 18.6. The minimum atomic E-state index is -0.475. The number of hydrogen-bond acceptors (Lipinski definition) is 4. The molecule has 0 spiro atoms. The van der Waals surface area contributed by atoms with Gasteiger partial charge < -0.3 is 14.8 Å². The summed E-state index contributed by atoms with van der Waals surface area (Å²) in [6, 6.07) is 13.6. The molecule has 0 unspecified atom stereocenters. The first-order valence-corrected chi connectivity index (χ1v) is 7.34. The number of aromatic nitrogens is 1. The molecule has 2 N–H and O–H groups in total. The molecule has 1 heterocycles. The van der Waals surface area contributed by atoms with Crippen molar-refractivity contribution < 1.29 is 18.7 Å². The van der Waals surface area contributed by atoms with Crippen LogP contribution >= 0.6 is 0 Å². The van der Waals surface area contributed by atoms with E-state index in [4.69, 9.17) is 9.52 Å². The fraction of sp³-hybridized carbons (Fsp3) is 0.111. The van der Waals surface area contributed by atoms with Crippen LogP contribution in [0.4, 0.5) is 4.39 Å². The molecule has 1 aromatic heterocycles. The van der Waals surface area contributed by atoms with Gasteiger partial charge in [0.2, 0.25) is 5.89 Å². The molecular weight excluding hydrogens is 311 g/mol. The Morgan fingerprint density at radius 1 is 1.21 bits per heavy atom. The fourth-order valence-corrected chi connectivity index (χ4v) is 2.22. The summed E-state index contributed by atoms with van der Waals surface area (Å²) in [5, 5.41) is 11.7. The molecule has 0 bridgehead atoms. The predicted octanol–water partition coefficient (Wildman–Crippen LogP) is 2.90. The van der Waals surface area contributed by atoms with Crippen molar-refractivity contribution in [2.75, 3.05) is 0 Å². The summed E-state index contributed by atoms with van der Waals surface area (Å²) in [6.07, 6.45) is 1.29. The van der Waals surface area contributed by atoms with Gasteiger partial charge in [-0.25, -0.2) is 9.37 Å². The van der Waals surface area contributed by atoms with Crippen LogP contribution in [0, 0.1) is 5.82 Å². The van der Waals surface area contributed by atoms with Crippen molar-refractivity contribution >= 4 is 5.91 Å². The Labute approximate surface area is 137 Å². The minimum absolute atomic E-state index is 0.165. The van der Waals surface area contributed by atoms with Gasteiger partial charge in [-0.15, -0.1) is 0 Å². The van der Waals surface area contributed by atoms with Crippen LogP contribution in [0.5, 0.6) is 0 Å². The van der Waals surface area contributed by atoms with E-state index in [1.165, 1.54) is 18.4 Å². The average molecular weight is 326 g/mol. The number of hydrogen-bond donors (Lipinski definition) is 2. The average Bonchev–Trinajstić information content (AvgIpc) is 3.12. The van der Waals surface area contributed by atoms with Crippen LogP contribution in [0.3, 0.4) is 0 Å². The van der Waals surface area contributed by atoms with E-state index in [2.05, 4.69) is 10.3 Å². The van der Waals surface area contributed by atoms with Crippen LogP contribution in [0.2, 0.25) is 0 Å². The quantitative estimate of drug-likeness (QED) is 0.756. The van der Waals surface area contributed by atoms with Gasteiger partial charge in [0.25, 0.3) is 5.91 Å². The second kappa shape index (κ2) is 7.06. The molecule has 5 nitrogen and oxygen atoms in total. The Balaban J connectivity index is 1.67. The molecule has 0 saturated heterocycles. The first-order valence-electron chi connectivity index (χ1n) is 7.34. The zero-order chi connectivity index (χ0) is 16.9. The SMILES string of the molecule is O=C(NCc1ccc(F)c(CO)c1)c1coc(-c2ccccc2)n1. The third kappa shape index (κ3) is 3.49. The second-order valence-corrected chi connectivity index (χ2v) is 5.17. The lowest BCUT2D eigenvalue weighted by molar-refractivity contribution is 0.0946. The summed E-state index contributed by atoms with van der Waals surface area (Å²) in [6.45, 7) is -0.197. The Bertz CT molecular complexity index is 846. The molecule has 0 fully saturated rings. The van der Waals surface area contributed by atoms with E-state index in [1.807, 2.05) is 30.3 Å². The summed E-state index contributed by atoms with van der Waals surface area (Å²) in [5.74, 6) is -0.502. The van der Waals surface area contributed by atoms with Gasteiger partial charge in [0.1, 0.15) is 12.1 Å². The number of carbonyl (C=O) groups excluding carboxylic acids is 1. The molecule has 0 aliphatic heterocycles. The van der Waals surface area contributed by atoms with Crippen LogP contribution in [0.25, 0.3) is 11.5 Å².